The van der Waals surface area contributed by atoms with Crippen LogP contribution >= 0.6 is 23.2 Å². The number of carbonyl (C=O) groups is 2. The van der Waals surface area contributed by atoms with Crippen LogP contribution in [0.15, 0.2) is 72.8 Å². The number of hydrogen-bond donors (Lipinski definition) is 1. The molecule has 0 unspecified atom stereocenters. The second kappa shape index (κ2) is 13.3. The Morgan fingerprint density at radius 1 is 0.923 bits per heavy atom. The lowest BCUT2D eigenvalue weighted by Crippen LogP contribution is -2.54. The van der Waals surface area contributed by atoms with Gasteiger partial charge in [0.2, 0.25) is 21.8 Å². The predicted molar refractivity (Wildman–Crippen MR) is 153 cm³/mol. The third-order valence-corrected chi connectivity index (χ3v) is 7.73. The summed E-state index contributed by atoms with van der Waals surface area (Å²) in [6, 6.07) is 17.9. The topological polar surface area (TPSA) is 86.8 Å². The summed E-state index contributed by atoms with van der Waals surface area (Å²) in [6.07, 6.45) is 1.01. The van der Waals surface area contributed by atoms with Crippen molar-refractivity contribution < 1.29 is 22.4 Å². The molecule has 11 heteroatoms. The van der Waals surface area contributed by atoms with Crippen LogP contribution < -0.4 is 9.62 Å². The molecule has 2 amide bonds. The van der Waals surface area contributed by atoms with Gasteiger partial charge in [-0.15, -0.1) is 0 Å². The van der Waals surface area contributed by atoms with Crippen molar-refractivity contribution in [3.05, 3.63) is 99.8 Å². The number of carbonyl (C=O) groups excluding carboxylic acids is 2. The monoisotopic (exact) mass is 593 g/mol. The van der Waals surface area contributed by atoms with E-state index in [0.29, 0.717) is 9.87 Å². The predicted octanol–water partition coefficient (Wildman–Crippen LogP) is 5.06. The number of rotatable bonds is 11. The Labute approximate surface area is 238 Å². The first-order chi connectivity index (χ1) is 18.4. The third kappa shape index (κ3) is 8.17. The number of amides is 2. The average molecular weight is 595 g/mol. The van der Waals surface area contributed by atoms with E-state index in [2.05, 4.69) is 5.32 Å². The summed E-state index contributed by atoms with van der Waals surface area (Å²) in [5.41, 5.74) is 0.884. The van der Waals surface area contributed by atoms with E-state index in [-0.39, 0.29) is 34.7 Å². The lowest BCUT2D eigenvalue weighted by atomic mass is 10.0. The number of para-hydroxylation sites is 1. The number of halogens is 3. The van der Waals surface area contributed by atoms with E-state index in [4.69, 9.17) is 23.2 Å². The van der Waals surface area contributed by atoms with Crippen LogP contribution in [0.25, 0.3) is 0 Å². The van der Waals surface area contributed by atoms with E-state index in [0.717, 1.165) is 17.9 Å². The van der Waals surface area contributed by atoms with E-state index in [1.54, 1.807) is 32.0 Å². The van der Waals surface area contributed by atoms with Crippen LogP contribution in [0.2, 0.25) is 10.0 Å². The zero-order valence-corrected chi connectivity index (χ0v) is 24.1. The fourth-order valence-electron chi connectivity index (χ4n) is 4.04. The minimum absolute atomic E-state index is 0.131. The van der Waals surface area contributed by atoms with Crippen molar-refractivity contribution in [1.82, 2.24) is 10.2 Å². The zero-order valence-electron chi connectivity index (χ0n) is 21.8. The highest BCUT2D eigenvalue weighted by molar-refractivity contribution is 7.92. The molecule has 0 bridgehead atoms. The van der Waals surface area contributed by atoms with Crippen LogP contribution in [0.1, 0.15) is 25.0 Å². The van der Waals surface area contributed by atoms with Crippen LogP contribution in [0, 0.1) is 5.82 Å². The maximum atomic E-state index is 14.7. The van der Waals surface area contributed by atoms with E-state index >= 15 is 0 Å². The molecule has 7 nitrogen and oxygen atoms in total. The molecule has 0 fully saturated rings. The molecule has 0 radical (unpaired) electrons. The van der Waals surface area contributed by atoms with Gasteiger partial charge in [-0.25, -0.2) is 12.8 Å². The molecule has 0 aliphatic heterocycles. The van der Waals surface area contributed by atoms with Gasteiger partial charge in [-0.05, 0) is 43.7 Å². The van der Waals surface area contributed by atoms with Crippen LogP contribution in [0.3, 0.4) is 0 Å². The van der Waals surface area contributed by atoms with E-state index in [9.17, 15) is 22.4 Å². The Bertz CT molecular complexity index is 1400. The summed E-state index contributed by atoms with van der Waals surface area (Å²) in [5, 5.41) is 3.40. The molecule has 0 spiro atoms. The SMILES string of the molecule is CC(C)NC(=O)[C@@H](Cc1ccccc1)N(Cc1c(Cl)cccc1Cl)C(=O)CN(c1ccccc1F)S(C)(=O)=O. The minimum atomic E-state index is -4.09. The number of nitrogens with zero attached hydrogens (tertiary/aromatic N) is 2. The van der Waals surface area contributed by atoms with Gasteiger partial charge in [0.1, 0.15) is 18.4 Å². The molecule has 0 aliphatic carbocycles. The molecular formula is C28H30Cl2FN3O4S. The normalized spacial score (nSPS) is 12.2. The van der Waals surface area contributed by atoms with E-state index in [1.165, 1.54) is 23.1 Å². The first kappa shape index (κ1) is 30.4. The van der Waals surface area contributed by atoms with Gasteiger partial charge in [-0.1, -0.05) is 71.7 Å². The molecule has 3 aromatic carbocycles. The summed E-state index contributed by atoms with van der Waals surface area (Å²) in [5.74, 6) is -1.99. The highest BCUT2D eigenvalue weighted by atomic mass is 35.5. The van der Waals surface area contributed by atoms with Crippen molar-refractivity contribution in [2.75, 3.05) is 17.1 Å². The van der Waals surface area contributed by atoms with Crippen LogP contribution in [-0.2, 0) is 32.6 Å². The molecule has 0 aromatic heterocycles. The zero-order chi connectivity index (χ0) is 28.7. The van der Waals surface area contributed by atoms with Crippen molar-refractivity contribution in [2.24, 2.45) is 0 Å². The molecule has 3 rings (SSSR count). The van der Waals surface area contributed by atoms with Crippen molar-refractivity contribution in [3.63, 3.8) is 0 Å². The van der Waals surface area contributed by atoms with Gasteiger partial charge < -0.3 is 10.2 Å². The fraction of sp³-hybridized carbons (Fsp3) is 0.286. The molecule has 1 N–H and O–H groups in total. The first-order valence-corrected chi connectivity index (χ1v) is 14.8. The molecule has 39 heavy (non-hydrogen) atoms. The van der Waals surface area contributed by atoms with Crippen LogP contribution in [0.5, 0.6) is 0 Å². The summed E-state index contributed by atoms with van der Waals surface area (Å²) in [4.78, 5) is 28.7. The summed E-state index contributed by atoms with van der Waals surface area (Å²) in [6.45, 7) is 2.65. The molecule has 3 aromatic rings. The Balaban J connectivity index is 2.11. The van der Waals surface area contributed by atoms with Gasteiger partial charge in [0.25, 0.3) is 0 Å². The summed E-state index contributed by atoms with van der Waals surface area (Å²) in [7, 11) is -4.09. The standard InChI is InChI=1S/C28H30Cl2FN3O4S/c1-19(2)32-28(36)26(16-20-10-5-4-6-11-20)33(17-21-22(29)12-9-13-23(21)30)27(35)18-34(39(3,37)38)25-15-8-7-14-24(25)31/h4-15,19,26H,16-18H2,1-3H3,(H,32,36)/t26-/m1/s1. The van der Waals surface area contributed by atoms with Crippen LogP contribution in [-0.4, -0.2) is 50.0 Å². The van der Waals surface area contributed by atoms with Crippen molar-refractivity contribution in [3.8, 4) is 0 Å². The lowest BCUT2D eigenvalue weighted by molar-refractivity contribution is -0.140. The molecular weight excluding hydrogens is 564 g/mol. The molecule has 0 saturated carbocycles. The van der Waals surface area contributed by atoms with Crippen LogP contribution in [0.4, 0.5) is 10.1 Å². The smallest absolute Gasteiger partial charge is 0.244 e. The number of nitrogens with one attached hydrogen (secondary N) is 1. The highest BCUT2D eigenvalue weighted by Gasteiger charge is 2.34. The second-order valence-electron chi connectivity index (χ2n) is 9.31. The fourth-order valence-corrected chi connectivity index (χ4v) is 5.40. The largest absolute Gasteiger partial charge is 0.352 e. The molecule has 208 valence electrons. The van der Waals surface area contributed by atoms with E-state index in [1.807, 2.05) is 30.3 Å². The lowest BCUT2D eigenvalue weighted by Gasteiger charge is -2.34. The van der Waals surface area contributed by atoms with Gasteiger partial charge in [-0.2, -0.15) is 0 Å². The maximum absolute atomic E-state index is 14.7. The number of hydrogen-bond acceptors (Lipinski definition) is 4. The number of benzene rings is 3. The van der Waals surface area contributed by atoms with Gasteiger partial charge in [0, 0.05) is 34.6 Å². The van der Waals surface area contributed by atoms with Crippen molar-refractivity contribution >= 4 is 50.7 Å². The quantitative estimate of drug-likeness (QED) is 0.336. The average Bonchev–Trinajstić information content (AvgIpc) is 2.86. The van der Waals surface area contributed by atoms with Gasteiger partial charge in [0.05, 0.1) is 11.9 Å². The van der Waals surface area contributed by atoms with Gasteiger partial charge >= 0.3 is 0 Å². The Morgan fingerprint density at radius 2 is 1.51 bits per heavy atom. The van der Waals surface area contributed by atoms with Crippen molar-refractivity contribution in [2.45, 2.75) is 38.9 Å². The second-order valence-corrected chi connectivity index (χ2v) is 12.0. The Morgan fingerprint density at radius 3 is 2.08 bits per heavy atom. The third-order valence-electron chi connectivity index (χ3n) is 5.89. The maximum Gasteiger partial charge on any atom is 0.244 e. The molecule has 1 atom stereocenters. The van der Waals surface area contributed by atoms with Crippen molar-refractivity contribution in [1.29, 1.82) is 0 Å². The molecule has 0 saturated heterocycles. The van der Waals surface area contributed by atoms with Gasteiger partial charge in [0.15, 0.2) is 0 Å². The summed E-state index contributed by atoms with van der Waals surface area (Å²) >= 11 is 12.8. The van der Waals surface area contributed by atoms with E-state index < -0.39 is 40.2 Å². The minimum Gasteiger partial charge on any atom is -0.352 e. The summed E-state index contributed by atoms with van der Waals surface area (Å²) < 4.78 is 40.8. The molecule has 0 heterocycles. The highest BCUT2D eigenvalue weighted by Crippen LogP contribution is 2.28. The Hall–Kier alpha value is -3.14. The first-order valence-electron chi connectivity index (χ1n) is 12.2. The van der Waals surface area contributed by atoms with Gasteiger partial charge in [-0.3, -0.25) is 13.9 Å². The number of anilines is 1. The molecule has 0 aliphatic rings. The number of sulfonamides is 1. The Kier molecular flexibility index (Phi) is 10.4.